The van der Waals surface area contributed by atoms with Crippen molar-refractivity contribution in [2.75, 3.05) is 6.54 Å². The first kappa shape index (κ1) is 14.8. The first-order valence-electron chi connectivity index (χ1n) is 4.71. The van der Waals surface area contributed by atoms with Gasteiger partial charge in [-0.05, 0) is 0 Å². The predicted octanol–water partition coefficient (Wildman–Crippen LogP) is 2.44. The van der Waals surface area contributed by atoms with Crippen LogP contribution in [0.5, 0.6) is 0 Å². The molecule has 2 nitrogen and oxygen atoms in total. The van der Waals surface area contributed by atoms with Crippen molar-refractivity contribution in [2.24, 2.45) is 5.92 Å². The van der Waals surface area contributed by atoms with Crippen LogP contribution in [0.25, 0.3) is 0 Å². The number of hydrogen-bond acceptors (Lipinski definition) is 1. The molecule has 0 radical (unpaired) electrons. The maximum absolute atomic E-state index is 12.3. The number of carbonyl (C=O) groups excluding carboxylic acids is 1. The Bertz CT molecular complexity index is 149. The number of amides is 1. The summed E-state index contributed by atoms with van der Waals surface area (Å²) in [5.41, 5.74) is 0. The average Bonchev–Trinajstić information content (AvgIpc) is 2.39. The van der Waals surface area contributed by atoms with Gasteiger partial charge in [0.25, 0.3) is 5.91 Å². The van der Waals surface area contributed by atoms with E-state index in [-0.39, 0.29) is 6.54 Å². The summed E-state index contributed by atoms with van der Waals surface area (Å²) in [6, 6.07) is 0. The molecule has 0 aromatic carbocycles. The minimum absolute atomic E-state index is 0.0891. The van der Waals surface area contributed by atoms with Crippen molar-refractivity contribution in [1.29, 1.82) is 0 Å². The standard InChI is InChI=1S/C5H7F2NO.2C2H6/c1-3-2-8-4(9)5(3,6)7;2*1-2/h3H,2H2,1H3,(H,8,9);2*1-2H3. The second-order valence-corrected chi connectivity index (χ2v) is 2.23. The molecule has 1 heterocycles. The van der Waals surface area contributed by atoms with E-state index in [1.807, 2.05) is 27.7 Å². The lowest BCUT2D eigenvalue weighted by atomic mass is 10.1. The predicted molar refractivity (Wildman–Crippen MR) is 49.8 cm³/mol. The molecule has 1 atom stereocenters. The molecule has 80 valence electrons. The normalized spacial score (nSPS) is 23.3. The summed E-state index contributed by atoms with van der Waals surface area (Å²) in [4.78, 5) is 10.2. The minimum atomic E-state index is -3.14. The summed E-state index contributed by atoms with van der Waals surface area (Å²) in [6.45, 7) is 9.43. The third-order valence-corrected chi connectivity index (χ3v) is 1.49. The number of rotatable bonds is 0. The fraction of sp³-hybridized carbons (Fsp3) is 0.889. The lowest BCUT2D eigenvalue weighted by Gasteiger charge is -2.08. The lowest BCUT2D eigenvalue weighted by molar-refractivity contribution is -0.143. The van der Waals surface area contributed by atoms with Gasteiger partial charge < -0.3 is 5.32 Å². The lowest BCUT2D eigenvalue weighted by Crippen LogP contribution is -2.31. The molecule has 0 bridgehead atoms. The highest BCUT2D eigenvalue weighted by Gasteiger charge is 2.49. The van der Waals surface area contributed by atoms with Gasteiger partial charge in [-0.15, -0.1) is 0 Å². The SMILES string of the molecule is CC.CC.CC1CNC(=O)C1(F)F. The Morgan fingerprint density at radius 3 is 1.77 bits per heavy atom. The number of carbonyl (C=O) groups is 1. The zero-order valence-corrected chi connectivity index (χ0v) is 8.95. The van der Waals surface area contributed by atoms with E-state index in [9.17, 15) is 13.6 Å². The summed E-state index contributed by atoms with van der Waals surface area (Å²) in [6.07, 6.45) is 0. The van der Waals surface area contributed by atoms with E-state index >= 15 is 0 Å². The zero-order chi connectivity index (χ0) is 11.1. The fourth-order valence-electron chi connectivity index (χ4n) is 0.716. The Hall–Kier alpha value is -0.670. The van der Waals surface area contributed by atoms with Crippen LogP contribution in [-0.2, 0) is 4.79 Å². The number of hydrogen-bond donors (Lipinski definition) is 1. The van der Waals surface area contributed by atoms with E-state index in [0.717, 1.165) is 0 Å². The van der Waals surface area contributed by atoms with Crippen LogP contribution in [0.2, 0.25) is 0 Å². The van der Waals surface area contributed by atoms with Gasteiger partial charge in [-0.25, -0.2) is 0 Å². The molecule has 1 amide bonds. The van der Waals surface area contributed by atoms with Crippen LogP contribution in [0.3, 0.4) is 0 Å². The highest BCUT2D eigenvalue weighted by molar-refractivity contribution is 5.85. The van der Waals surface area contributed by atoms with Crippen molar-refractivity contribution in [3.8, 4) is 0 Å². The molecule has 1 unspecified atom stereocenters. The summed E-state index contributed by atoms with van der Waals surface area (Å²) in [5, 5.41) is 2.07. The van der Waals surface area contributed by atoms with Crippen LogP contribution in [-0.4, -0.2) is 18.4 Å². The van der Waals surface area contributed by atoms with Crippen LogP contribution in [0.1, 0.15) is 34.6 Å². The van der Waals surface area contributed by atoms with Gasteiger partial charge in [0.15, 0.2) is 0 Å². The summed E-state index contributed by atoms with van der Waals surface area (Å²) in [7, 11) is 0. The van der Waals surface area contributed by atoms with Crippen molar-refractivity contribution in [2.45, 2.75) is 40.5 Å². The second-order valence-electron chi connectivity index (χ2n) is 2.23. The van der Waals surface area contributed by atoms with Crippen LogP contribution in [0.15, 0.2) is 0 Å². The highest BCUT2D eigenvalue weighted by atomic mass is 19.3. The molecule has 4 heteroatoms. The van der Waals surface area contributed by atoms with Crippen molar-refractivity contribution < 1.29 is 13.6 Å². The molecule has 1 aliphatic rings. The molecule has 1 N–H and O–H groups in total. The first-order chi connectivity index (χ1) is 6.05. The van der Waals surface area contributed by atoms with Crippen LogP contribution < -0.4 is 5.32 Å². The largest absolute Gasteiger partial charge is 0.350 e. The monoisotopic (exact) mass is 195 g/mol. The number of halogens is 2. The van der Waals surface area contributed by atoms with Crippen LogP contribution in [0.4, 0.5) is 8.78 Å². The van der Waals surface area contributed by atoms with Gasteiger partial charge in [-0.2, -0.15) is 8.78 Å². The Labute approximate surface area is 78.7 Å². The van der Waals surface area contributed by atoms with E-state index in [4.69, 9.17) is 0 Å². The summed E-state index contributed by atoms with van der Waals surface area (Å²) >= 11 is 0. The third kappa shape index (κ3) is 3.70. The molecule has 0 aliphatic carbocycles. The van der Waals surface area contributed by atoms with Gasteiger partial charge in [0, 0.05) is 12.5 Å². The molecule has 1 fully saturated rings. The van der Waals surface area contributed by atoms with E-state index < -0.39 is 17.7 Å². The zero-order valence-electron chi connectivity index (χ0n) is 8.95. The maximum atomic E-state index is 12.3. The maximum Gasteiger partial charge on any atom is 0.328 e. The second kappa shape index (κ2) is 6.80. The summed E-state index contributed by atoms with van der Waals surface area (Å²) in [5.74, 6) is -5.14. The Kier molecular flexibility index (Phi) is 7.76. The fourth-order valence-corrected chi connectivity index (χ4v) is 0.716. The van der Waals surface area contributed by atoms with E-state index in [2.05, 4.69) is 5.32 Å². The van der Waals surface area contributed by atoms with E-state index in [1.165, 1.54) is 6.92 Å². The van der Waals surface area contributed by atoms with Gasteiger partial charge in [-0.1, -0.05) is 34.6 Å². The van der Waals surface area contributed by atoms with Crippen molar-refractivity contribution >= 4 is 5.91 Å². The molecule has 0 aromatic heterocycles. The van der Waals surface area contributed by atoms with E-state index in [0.29, 0.717) is 0 Å². The van der Waals surface area contributed by atoms with Gasteiger partial charge >= 0.3 is 5.92 Å². The Morgan fingerprint density at radius 2 is 1.69 bits per heavy atom. The van der Waals surface area contributed by atoms with Crippen molar-refractivity contribution in [1.82, 2.24) is 5.32 Å². The highest BCUT2D eigenvalue weighted by Crippen LogP contribution is 2.28. The Balaban J connectivity index is 0. The Morgan fingerprint density at radius 1 is 1.31 bits per heavy atom. The smallest absolute Gasteiger partial charge is 0.328 e. The van der Waals surface area contributed by atoms with Crippen molar-refractivity contribution in [3.63, 3.8) is 0 Å². The first-order valence-corrected chi connectivity index (χ1v) is 4.71. The van der Waals surface area contributed by atoms with Gasteiger partial charge in [0.2, 0.25) is 0 Å². The molecule has 0 spiro atoms. The van der Waals surface area contributed by atoms with Gasteiger partial charge in [0.05, 0.1) is 0 Å². The van der Waals surface area contributed by atoms with Gasteiger partial charge in [0.1, 0.15) is 0 Å². The topological polar surface area (TPSA) is 29.1 Å². The van der Waals surface area contributed by atoms with Crippen LogP contribution in [0, 0.1) is 5.92 Å². The van der Waals surface area contributed by atoms with Crippen molar-refractivity contribution in [3.05, 3.63) is 0 Å². The molecule has 0 saturated carbocycles. The number of alkyl halides is 2. The molecule has 1 aliphatic heterocycles. The molecular weight excluding hydrogens is 176 g/mol. The van der Waals surface area contributed by atoms with Crippen LogP contribution >= 0.6 is 0 Å². The molecule has 1 saturated heterocycles. The molecule has 0 aromatic rings. The average molecular weight is 195 g/mol. The van der Waals surface area contributed by atoms with Gasteiger partial charge in [-0.3, -0.25) is 4.79 Å². The quantitative estimate of drug-likeness (QED) is 0.632. The molecule has 1 rings (SSSR count). The minimum Gasteiger partial charge on any atom is -0.350 e. The third-order valence-electron chi connectivity index (χ3n) is 1.49. The molecular formula is C9H19F2NO. The summed E-state index contributed by atoms with van der Waals surface area (Å²) < 4.78 is 24.6. The van der Waals surface area contributed by atoms with E-state index in [1.54, 1.807) is 0 Å². The number of nitrogens with one attached hydrogen (secondary N) is 1. The molecule has 13 heavy (non-hydrogen) atoms.